The molecule has 0 saturated carbocycles. The van der Waals surface area contributed by atoms with Gasteiger partial charge in [-0.25, -0.2) is 4.79 Å². The number of aromatic nitrogens is 1. The Labute approximate surface area is 63.2 Å². The number of nitrogens with zero attached hydrogens (tertiary/aromatic N) is 1. The fourth-order valence-electron chi connectivity index (χ4n) is 0.573. The number of hydrogen-bond acceptors (Lipinski definition) is 5. The van der Waals surface area contributed by atoms with Crippen LogP contribution in [0.3, 0.4) is 0 Å². The van der Waals surface area contributed by atoms with Gasteiger partial charge in [-0.2, -0.15) is 4.98 Å². The molecule has 0 aromatic carbocycles. The lowest BCUT2D eigenvalue weighted by atomic mass is 10.6. The van der Waals surface area contributed by atoms with Gasteiger partial charge in [-0.3, -0.25) is 0 Å². The predicted octanol–water partition coefficient (Wildman–Crippen LogP) is 0.434. The monoisotopic (exact) mass is 156 g/mol. The molecule has 60 valence electrons. The molecule has 0 saturated heterocycles. The summed E-state index contributed by atoms with van der Waals surface area (Å²) in [5.74, 6) is -0.526. The third-order valence-corrected chi connectivity index (χ3v) is 0.972. The average Bonchev–Trinajstić information content (AvgIpc) is 2.36. The fraction of sp³-hybridized carbons (Fsp3) is 0.333. The van der Waals surface area contributed by atoms with E-state index in [1.807, 2.05) is 0 Å². The number of hydrogen-bond donors (Lipinski definition) is 1. The molecule has 2 N–H and O–H groups in total. The van der Waals surface area contributed by atoms with Crippen LogP contribution in [0.15, 0.2) is 10.7 Å². The molecule has 1 rings (SSSR count). The highest BCUT2D eigenvalue weighted by atomic mass is 16.5. The molecule has 0 fully saturated rings. The van der Waals surface area contributed by atoms with Gasteiger partial charge in [-0.15, -0.1) is 0 Å². The lowest BCUT2D eigenvalue weighted by Gasteiger charge is -1.93. The van der Waals surface area contributed by atoms with E-state index in [-0.39, 0.29) is 11.7 Å². The van der Waals surface area contributed by atoms with Crippen LogP contribution in [-0.2, 0) is 4.74 Å². The standard InChI is InChI=1S/C6H8N2O3/c1-2-10-6(9)5-8-4(7)3-11-5/h3H,2,7H2,1H3. The number of nitrogens with two attached hydrogens (primary N) is 1. The predicted molar refractivity (Wildman–Crippen MR) is 36.9 cm³/mol. The minimum atomic E-state index is -0.593. The van der Waals surface area contributed by atoms with Crippen molar-refractivity contribution in [3.8, 4) is 0 Å². The van der Waals surface area contributed by atoms with Crippen molar-refractivity contribution >= 4 is 11.8 Å². The van der Waals surface area contributed by atoms with E-state index in [9.17, 15) is 4.79 Å². The number of carbonyl (C=O) groups is 1. The highest BCUT2D eigenvalue weighted by Crippen LogP contribution is 2.03. The molecular weight excluding hydrogens is 148 g/mol. The largest absolute Gasteiger partial charge is 0.459 e. The number of nitrogen functional groups attached to an aromatic ring is 1. The zero-order valence-electron chi connectivity index (χ0n) is 6.03. The van der Waals surface area contributed by atoms with E-state index in [1.165, 1.54) is 6.26 Å². The van der Waals surface area contributed by atoms with Crippen LogP contribution in [0.25, 0.3) is 0 Å². The van der Waals surface area contributed by atoms with Crippen molar-refractivity contribution in [3.05, 3.63) is 12.2 Å². The Bertz CT molecular complexity index is 256. The zero-order valence-corrected chi connectivity index (χ0v) is 6.03. The summed E-state index contributed by atoms with van der Waals surface area (Å²) in [4.78, 5) is 14.4. The molecule has 5 nitrogen and oxygen atoms in total. The summed E-state index contributed by atoms with van der Waals surface area (Å²) in [7, 11) is 0. The van der Waals surface area contributed by atoms with E-state index >= 15 is 0 Å². The van der Waals surface area contributed by atoms with Crippen molar-refractivity contribution in [3.63, 3.8) is 0 Å². The van der Waals surface area contributed by atoms with Crippen LogP contribution in [0.1, 0.15) is 17.6 Å². The third-order valence-electron chi connectivity index (χ3n) is 0.972. The zero-order chi connectivity index (χ0) is 8.27. The molecule has 1 heterocycles. The molecule has 11 heavy (non-hydrogen) atoms. The summed E-state index contributed by atoms with van der Waals surface area (Å²) < 4.78 is 9.26. The van der Waals surface area contributed by atoms with Gasteiger partial charge in [0, 0.05) is 0 Å². The van der Waals surface area contributed by atoms with Crippen molar-refractivity contribution in [2.24, 2.45) is 0 Å². The Balaban J connectivity index is 2.69. The SMILES string of the molecule is CCOC(=O)c1nc(N)co1. The van der Waals surface area contributed by atoms with Gasteiger partial charge < -0.3 is 14.9 Å². The maximum Gasteiger partial charge on any atom is 0.394 e. The highest BCUT2D eigenvalue weighted by Gasteiger charge is 2.12. The Kier molecular flexibility index (Phi) is 2.10. The van der Waals surface area contributed by atoms with E-state index in [2.05, 4.69) is 14.1 Å². The summed E-state index contributed by atoms with van der Waals surface area (Å²) in [5.41, 5.74) is 5.20. The molecule has 5 heteroatoms. The first-order valence-corrected chi connectivity index (χ1v) is 3.12. The average molecular weight is 156 g/mol. The summed E-state index contributed by atoms with van der Waals surface area (Å²) in [6, 6.07) is 0. The molecule has 0 aliphatic rings. The first kappa shape index (κ1) is 7.59. The topological polar surface area (TPSA) is 78.3 Å². The summed E-state index contributed by atoms with van der Waals surface area (Å²) in [5, 5.41) is 0. The molecule has 0 spiro atoms. The van der Waals surface area contributed by atoms with Crippen molar-refractivity contribution in [1.82, 2.24) is 4.98 Å². The number of esters is 1. The molecule has 0 amide bonds. The molecule has 0 bridgehead atoms. The van der Waals surface area contributed by atoms with E-state index in [4.69, 9.17) is 5.73 Å². The highest BCUT2D eigenvalue weighted by molar-refractivity contribution is 5.84. The Morgan fingerprint density at radius 2 is 2.64 bits per heavy atom. The maximum atomic E-state index is 10.8. The molecule has 0 aliphatic carbocycles. The van der Waals surface area contributed by atoms with E-state index in [1.54, 1.807) is 6.92 Å². The van der Waals surface area contributed by atoms with Gasteiger partial charge in [0.2, 0.25) is 0 Å². The van der Waals surface area contributed by atoms with Gasteiger partial charge in [0.15, 0.2) is 5.82 Å². The van der Waals surface area contributed by atoms with Crippen LogP contribution in [0.5, 0.6) is 0 Å². The lowest BCUT2D eigenvalue weighted by molar-refractivity contribution is 0.0481. The first-order valence-electron chi connectivity index (χ1n) is 3.12. The van der Waals surface area contributed by atoms with E-state index in [0.29, 0.717) is 6.61 Å². The van der Waals surface area contributed by atoms with Gasteiger partial charge in [0.1, 0.15) is 6.26 Å². The van der Waals surface area contributed by atoms with Crippen LogP contribution in [0, 0.1) is 0 Å². The number of carbonyl (C=O) groups excluding carboxylic acids is 1. The van der Waals surface area contributed by atoms with Crippen LogP contribution in [-0.4, -0.2) is 17.6 Å². The van der Waals surface area contributed by atoms with E-state index in [0.717, 1.165) is 0 Å². The van der Waals surface area contributed by atoms with Gasteiger partial charge in [-0.05, 0) is 6.92 Å². The number of rotatable bonds is 2. The molecule has 1 aromatic rings. The minimum absolute atomic E-state index is 0.107. The van der Waals surface area contributed by atoms with Crippen molar-refractivity contribution in [2.75, 3.05) is 12.3 Å². The second kappa shape index (κ2) is 3.05. The second-order valence-electron chi connectivity index (χ2n) is 1.80. The Hall–Kier alpha value is -1.52. The Morgan fingerprint density at radius 1 is 1.91 bits per heavy atom. The lowest BCUT2D eigenvalue weighted by Crippen LogP contribution is -2.04. The molecule has 0 atom stereocenters. The van der Waals surface area contributed by atoms with Crippen LogP contribution >= 0.6 is 0 Å². The van der Waals surface area contributed by atoms with Gasteiger partial charge in [0.25, 0.3) is 0 Å². The normalized spacial score (nSPS) is 9.55. The quantitative estimate of drug-likeness (QED) is 0.628. The minimum Gasteiger partial charge on any atom is -0.459 e. The van der Waals surface area contributed by atoms with Crippen LogP contribution < -0.4 is 5.73 Å². The van der Waals surface area contributed by atoms with Crippen molar-refractivity contribution in [2.45, 2.75) is 6.92 Å². The summed E-state index contributed by atoms with van der Waals surface area (Å²) in [6.07, 6.45) is 1.19. The van der Waals surface area contributed by atoms with Gasteiger partial charge >= 0.3 is 11.9 Å². The first-order chi connectivity index (χ1) is 5.24. The Morgan fingerprint density at radius 3 is 3.09 bits per heavy atom. The maximum absolute atomic E-state index is 10.8. The molecule has 1 aromatic heterocycles. The fourth-order valence-corrected chi connectivity index (χ4v) is 0.573. The molecule has 0 unspecified atom stereocenters. The number of oxazole rings is 1. The molecular formula is C6H8N2O3. The van der Waals surface area contributed by atoms with E-state index < -0.39 is 5.97 Å². The van der Waals surface area contributed by atoms with Crippen molar-refractivity contribution < 1.29 is 13.9 Å². The second-order valence-corrected chi connectivity index (χ2v) is 1.80. The van der Waals surface area contributed by atoms with Crippen molar-refractivity contribution in [1.29, 1.82) is 0 Å². The van der Waals surface area contributed by atoms with Crippen LogP contribution in [0.2, 0.25) is 0 Å². The molecule has 0 aliphatic heterocycles. The third kappa shape index (κ3) is 1.70. The van der Waals surface area contributed by atoms with Gasteiger partial charge in [-0.1, -0.05) is 0 Å². The van der Waals surface area contributed by atoms with Crippen LogP contribution in [0.4, 0.5) is 5.82 Å². The summed E-state index contributed by atoms with van der Waals surface area (Å²) >= 11 is 0. The number of anilines is 1. The van der Waals surface area contributed by atoms with Gasteiger partial charge in [0.05, 0.1) is 6.61 Å². The summed E-state index contributed by atoms with van der Waals surface area (Å²) in [6.45, 7) is 1.99. The smallest absolute Gasteiger partial charge is 0.394 e. The molecule has 0 radical (unpaired) electrons. The number of ether oxygens (including phenoxy) is 1.